The van der Waals surface area contributed by atoms with Crippen LogP contribution >= 0.6 is 23.2 Å². The van der Waals surface area contributed by atoms with Crippen molar-refractivity contribution in [2.45, 2.75) is 25.8 Å². The summed E-state index contributed by atoms with van der Waals surface area (Å²) in [6, 6.07) is 10.3. The van der Waals surface area contributed by atoms with E-state index < -0.39 is 6.04 Å². The molecule has 1 saturated heterocycles. The second kappa shape index (κ2) is 9.37. The number of para-hydroxylation sites is 1. The second-order valence-corrected chi connectivity index (χ2v) is 7.48. The van der Waals surface area contributed by atoms with Gasteiger partial charge < -0.3 is 14.8 Å². The first-order valence-corrected chi connectivity index (χ1v) is 9.99. The smallest absolute Gasteiger partial charge is 0.248 e. The van der Waals surface area contributed by atoms with Gasteiger partial charge in [-0.25, -0.2) is 0 Å². The van der Waals surface area contributed by atoms with E-state index in [2.05, 4.69) is 5.32 Å². The second-order valence-electron chi connectivity index (χ2n) is 6.66. The van der Waals surface area contributed by atoms with E-state index in [0.29, 0.717) is 40.2 Å². The monoisotopic (exact) mass is 435 g/mol. The van der Waals surface area contributed by atoms with Gasteiger partial charge >= 0.3 is 0 Å². The molecule has 29 heavy (non-hydrogen) atoms. The number of nitrogens with one attached hydrogen (secondary N) is 1. The molecular formula is C21H23Cl2N3O3. The van der Waals surface area contributed by atoms with Crippen LogP contribution in [-0.2, 0) is 4.79 Å². The van der Waals surface area contributed by atoms with Crippen molar-refractivity contribution in [1.29, 1.82) is 0 Å². The average Bonchev–Trinajstić information content (AvgIpc) is 3.18. The van der Waals surface area contributed by atoms with E-state index in [1.807, 2.05) is 30.1 Å². The van der Waals surface area contributed by atoms with Crippen LogP contribution in [0.5, 0.6) is 11.5 Å². The molecule has 1 unspecified atom stereocenters. The van der Waals surface area contributed by atoms with Gasteiger partial charge in [0.1, 0.15) is 6.04 Å². The third-order valence-electron chi connectivity index (χ3n) is 4.82. The zero-order valence-corrected chi connectivity index (χ0v) is 18.0. The molecule has 1 aliphatic heterocycles. The number of anilines is 1. The van der Waals surface area contributed by atoms with E-state index in [0.717, 1.165) is 17.7 Å². The molecule has 0 aliphatic carbocycles. The maximum Gasteiger partial charge on any atom is 0.248 e. The van der Waals surface area contributed by atoms with E-state index in [9.17, 15) is 4.79 Å². The SMILES string of the molecule is COc1ccc(/C(C)=N/N2CCCC2C(=O)Nc2c(Cl)cccc2Cl)cc1OC. The number of nitrogens with zero attached hydrogens (tertiary/aromatic N) is 2. The van der Waals surface area contributed by atoms with E-state index in [-0.39, 0.29) is 5.91 Å². The molecule has 1 N–H and O–H groups in total. The van der Waals surface area contributed by atoms with Crippen molar-refractivity contribution in [3.8, 4) is 11.5 Å². The minimum atomic E-state index is -0.391. The van der Waals surface area contributed by atoms with E-state index in [1.54, 1.807) is 32.4 Å². The Kier molecular flexibility index (Phi) is 6.87. The van der Waals surface area contributed by atoms with Crippen LogP contribution in [0.4, 0.5) is 5.69 Å². The molecular weight excluding hydrogens is 413 g/mol. The number of hydrogen-bond acceptors (Lipinski definition) is 5. The maximum absolute atomic E-state index is 12.9. The summed E-state index contributed by atoms with van der Waals surface area (Å²) < 4.78 is 10.6. The van der Waals surface area contributed by atoms with Crippen molar-refractivity contribution in [2.75, 3.05) is 26.1 Å². The zero-order valence-electron chi connectivity index (χ0n) is 16.5. The lowest BCUT2D eigenvalue weighted by molar-refractivity contribution is -0.120. The van der Waals surface area contributed by atoms with Gasteiger partial charge in [0.2, 0.25) is 5.91 Å². The lowest BCUT2D eigenvalue weighted by Gasteiger charge is -2.22. The Hall–Kier alpha value is -2.44. The predicted molar refractivity (Wildman–Crippen MR) is 117 cm³/mol. The van der Waals surface area contributed by atoms with Gasteiger partial charge in [0.05, 0.1) is 35.7 Å². The largest absolute Gasteiger partial charge is 0.493 e. The topological polar surface area (TPSA) is 63.2 Å². The third-order valence-corrected chi connectivity index (χ3v) is 5.45. The van der Waals surface area contributed by atoms with Crippen LogP contribution in [0.2, 0.25) is 10.0 Å². The predicted octanol–water partition coefficient (Wildman–Crippen LogP) is 4.84. The summed E-state index contributed by atoms with van der Waals surface area (Å²) >= 11 is 12.3. The Balaban J connectivity index is 1.79. The van der Waals surface area contributed by atoms with E-state index in [1.165, 1.54) is 0 Å². The summed E-state index contributed by atoms with van der Waals surface area (Å²) in [5.41, 5.74) is 2.09. The molecule has 8 heteroatoms. The van der Waals surface area contributed by atoms with Gasteiger partial charge in [-0.15, -0.1) is 0 Å². The fourth-order valence-electron chi connectivity index (χ4n) is 3.27. The van der Waals surface area contributed by atoms with Crippen molar-refractivity contribution in [3.63, 3.8) is 0 Å². The molecule has 6 nitrogen and oxygen atoms in total. The van der Waals surface area contributed by atoms with Gasteiger partial charge in [0, 0.05) is 12.1 Å². The number of methoxy groups -OCH3 is 2. The van der Waals surface area contributed by atoms with Crippen LogP contribution in [0.3, 0.4) is 0 Å². The highest BCUT2D eigenvalue weighted by molar-refractivity contribution is 6.39. The van der Waals surface area contributed by atoms with Gasteiger partial charge in [-0.05, 0) is 50.1 Å². The van der Waals surface area contributed by atoms with Gasteiger partial charge in [0.25, 0.3) is 0 Å². The molecule has 1 fully saturated rings. The first-order chi connectivity index (χ1) is 13.9. The Bertz CT molecular complexity index is 913. The highest BCUT2D eigenvalue weighted by atomic mass is 35.5. The van der Waals surface area contributed by atoms with Gasteiger partial charge in [-0.2, -0.15) is 5.10 Å². The third kappa shape index (κ3) is 4.77. The normalized spacial score (nSPS) is 16.7. The molecule has 1 atom stereocenters. The van der Waals surface area contributed by atoms with Crippen molar-refractivity contribution in [3.05, 3.63) is 52.0 Å². The number of benzene rings is 2. The minimum absolute atomic E-state index is 0.179. The molecule has 0 spiro atoms. The number of halogens is 2. The molecule has 0 aromatic heterocycles. The van der Waals surface area contributed by atoms with Crippen molar-refractivity contribution in [2.24, 2.45) is 5.10 Å². The average molecular weight is 436 g/mol. The fourth-order valence-corrected chi connectivity index (χ4v) is 3.76. The molecule has 0 saturated carbocycles. The highest BCUT2D eigenvalue weighted by Crippen LogP contribution is 2.31. The van der Waals surface area contributed by atoms with Crippen molar-refractivity contribution in [1.82, 2.24) is 5.01 Å². The number of hydrazone groups is 1. The summed E-state index contributed by atoms with van der Waals surface area (Å²) in [5.74, 6) is 1.10. The number of hydrogen-bond donors (Lipinski definition) is 1. The molecule has 3 rings (SSSR count). The van der Waals surface area contributed by atoms with E-state index >= 15 is 0 Å². The minimum Gasteiger partial charge on any atom is -0.493 e. The standard InChI is InChI=1S/C21H23Cl2N3O3/c1-13(14-9-10-18(28-2)19(12-14)29-3)25-26-11-5-8-17(26)21(27)24-20-15(22)6-4-7-16(20)23/h4,6-7,9-10,12,17H,5,8,11H2,1-3H3,(H,24,27)/b25-13+. The Morgan fingerprint density at radius 1 is 1.14 bits per heavy atom. The summed E-state index contributed by atoms with van der Waals surface area (Å²) in [6.45, 7) is 2.60. The first-order valence-electron chi connectivity index (χ1n) is 9.23. The molecule has 1 heterocycles. The molecule has 0 bridgehead atoms. The molecule has 2 aromatic carbocycles. The summed E-state index contributed by atoms with van der Waals surface area (Å²) in [6.07, 6.45) is 1.58. The van der Waals surface area contributed by atoms with Gasteiger partial charge in [-0.1, -0.05) is 29.3 Å². The molecule has 1 aliphatic rings. The summed E-state index contributed by atoms with van der Waals surface area (Å²) in [7, 11) is 3.19. The number of carbonyl (C=O) groups is 1. The highest BCUT2D eigenvalue weighted by Gasteiger charge is 2.31. The van der Waals surface area contributed by atoms with Gasteiger partial charge in [0.15, 0.2) is 11.5 Å². The molecule has 154 valence electrons. The number of amides is 1. The summed E-state index contributed by atoms with van der Waals surface area (Å²) in [5, 5.41) is 10.2. The van der Waals surface area contributed by atoms with Gasteiger partial charge in [-0.3, -0.25) is 9.80 Å². The first kappa shape index (κ1) is 21.3. The van der Waals surface area contributed by atoms with Crippen LogP contribution in [0.1, 0.15) is 25.3 Å². The number of ether oxygens (including phenoxy) is 2. The molecule has 2 aromatic rings. The van der Waals surface area contributed by atoms with Crippen LogP contribution in [0.15, 0.2) is 41.5 Å². The van der Waals surface area contributed by atoms with Crippen molar-refractivity contribution < 1.29 is 14.3 Å². The lowest BCUT2D eigenvalue weighted by atomic mass is 10.1. The van der Waals surface area contributed by atoms with Crippen LogP contribution in [-0.4, -0.2) is 43.4 Å². The van der Waals surface area contributed by atoms with Crippen molar-refractivity contribution >= 4 is 40.5 Å². The molecule has 0 radical (unpaired) electrons. The molecule has 1 amide bonds. The maximum atomic E-state index is 12.9. The van der Waals surface area contributed by atoms with Crippen LogP contribution in [0.25, 0.3) is 0 Å². The number of carbonyl (C=O) groups excluding carboxylic acids is 1. The Labute approximate surface area is 180 Å². The summed E-state index contributed by atoms with van der Waals surface area (Å²) in [4.78, 5) is 12.9. The number of rotatable bonds is 6. The fraction of sp³-hybridized carbons (Fsp3) is 0.333. The van der Waals surface area contributed by atoms with Crippen LogP contribution in [0, 0.1) is 0 Å². The van der Waals surface area contributed by atoms with E-state index in [4.69, 9.17) is 37.8 Å². The Morgan fingerprint density at radius 3 is 2.48 bits per heavy atom. The Morgan fingerprint density at radius 2 is 1.83 bits per heavy atom. The quantitative estimate of drug-likeness (QED) is 0.659. The lowest BCUT2D eigenvalue weighted by Crippen LogP contribution is -2.37. The zero-order chi connectivity index (χ0) is 21.0. The van der Waals surface area contributed by atoms with Crippen LogP contribution < -0.4 is 14.8 Å².